The summed E-state index contributed by atoms with van der Waals surface area (Å²) < 4.78 is 18.8. The molecule has 1 fully saturated rings. The predicted octanol–water partition coefficient (Wildman–Crippen LogP) is 2.96. The third-order valence-electron chi connectivity index (χ3n) is 5.86. The third kappa shape index (κ3) is 4.46. The largest absolute Gasteiger partial charge is 0.381 e. The van der Waals surface area contributed by atoms with Crippen molar-refractivity contribution in [3.05, 3.63) is 53.2 Å². The van der Waals surface area contributed by atoms with Gasteiger partial charge in [-0.1, -0.05) is 0 Å². The van der Waals surface area contributed by atoms with Crippen molar-refractivity contribution in [2.75, 3.05) is 25.1 Å². The molecule has 3 N–H and O–H groups in total. The van der Waals surface area contributed by atoms with Gasteiger partial charge in [0.05, 0.1) is 18.8 Å². The maximum absolute atomic E-state index is 13.4. The number of amides is 2. The first-order valence-electron chi connectivity index (χ1n) is 10.6. The summed E-state index contributed by atoms with van der Waals surface area (Å²) in [7, 11) is 0. The van der Waals surface area contributed by atoms with E-state index in [4.69, 9.17) is 4.74 Å². The molecule has 8 nitrogen and oxygen atoms in total. The minimum Gasteiger partial charge on any atom is -0.381 e. The summed E-state index contributed by atoms with van der Waals surface area (Å²) in [5.41, 5.74) is 3.64. The number of aromatic amines is 1. The number of nitrogens with zero attached hydrogens (tertiary/aromatic N) is 3. The van der Waals surface area contributed by atoms with Crippen LogP contribution in [-0.2, 0) is 24.2 Å². The Hall–Kier alpha value is -3.20. The highest BCUT2D eigenvalue weighted by atomic mass is 19.1. The van der Waals surface area contributed by atoms with Crippen LogP contribution in [0.25, 0.3) is 10.9 Å². The first-order chi connectivity index (χ1) is 15.1. The highest BCUT2D eigenvalue weighted by Crippen LogP contribution is 2.20. The molecule has 162 valence electrons. The number of ether oxygens (including phenoxy) is 1. The molecule has 5 rings (SSSR count). The molecule has 0 spiro atoms. The summed E-state index contributed by atoms with van der Waals surface area (Å²) in [5.74, 6) is 0.333. The Kier molecular flexibility index (Phi) is 5.42. The van der Waals surface area contributed by atoms with Gasteiger partial charge in [0.2, 0.25) is 5.95 Å². The number of halogens is 1. The lowest BCUT2D eigenvalue weighted by atomic mass is 10.1. The van der Waals surface area contributed by atoms with Crippen molar-refractivity contribution in [1.29, 1.82) is 0 Å². The van der Waals surface area contributed by atoms with Crippen LogP contribution in [-0.4, -0.2) is 51.7 Å². The smallest absolute Gasteiger partial charge is 0.318 e. The average Bonchev–Trinajstić information content (AvgIpc) is 3.19. The van der Waals surface area contributed by atoms with Crippen molar-refractivity contribution in [2.45, 2.75) is 38.4 Å². The van der Waals surface area contributed by atoms with Gasteiger partial charge in [0.25, 0.3) is 0 Å². The summed E-state index contributed by atoms with van der Waals surface area (Å²) in [6.45, 7) is 2.92. The lowest BCUT2D eigenvalue weighted by molar-refractivity contribution is 0.0903. The second-order valence-corrected chi connectivity index (χ2v) is 8.05. The van der Waals surface area contributed by atoms with Crippen LogP contribution in [0.4, 0.5) is 15.1 Å². The average molecular weight is 424 g/mol. The number of hydrogen-bond acceptors (Lipinski definition) is 5. The normalized spacial score (nSPS) is 16.9. The molecule has 2 amide bonds. The fraction of sp³-hybridized carbons (Fsp3) is 0.409. The van der Waals surface area contributed by atoms with Gasteiger partial charge in [0.1, 0.15) is 5.82 Å². The lowest BCUT2D eigenvalue weighted by Gasteiger charge is -2.29. The molecule has 0 atom stereocenters. The fourth-order valence-corrected chi connectivity index (χ4v) is 4.11. The van der Waals surface area contributed by atoms with E-state index in [1.54, 1.807) is 11.0 Å². The van der Waals surface area contributed by atoms with Gasteiger partial charge in [-0.05, 0) is 49.1 Å². The first-order valence-corrected chi connectivity index (χ1v) is 10.6. The Morgan fingerprint density at radius 2 is 2.16 bits per heavy atom. The minimum atomic E-state index is -0.276. The summed E-state index contributed by atoms with van der Waals surface area (Å²) in [4.78, 5) is 26.8. The summed E-state index contributed by atoms with van der Waals surface area (Å²) in [5, 5.41) is 7.12. The minimum absolute atomic E-state index is 0.145. The van der Waals surface area contributed by atoms with Gasteiger partial charge < -0.3 is 25.3 Å². The fourth-order valence-electron chi connectivity index (χ4n) is 4.11. The first kappa shape index (κ1) is 19.7. The van der Waals surface area contributed by atoms with Crippen LogP contribution >= 0.6 is 0 Å². The Labute approximate surface area is 179 Å². The molecule has 2 aliphatic rings. The highest BCUT2D eigenvalue weighted by Gasteiger charge is 2.23. The molecule has 9 heteroatoms. The number of nitrogens with one attached hydrogen (secondary N) is 3. The van der Waals surface area contributed by atoms with Gasteiger partial charge in [-0.25, -0.2) is 19.2 Å². The van der Waals surface area contributed by atoms with Crippen LogP contribution in [0.1, 0.15) is 29.8 Å². The van der Waals surface area contributed by atoms with Crippen LogP contribution < -0.4 is 10.6 Å². The van der Waals surface area contributed by atoms with E-state index >= 15 is 0 Å². The van der Waals surface area contributed by atoms with Gasteiger partial charge in [-0.15, -0.1) is 0 Å². The molecule has 2 aliphatic heterocycles. The number of carbonyl (C=O) groups excluding carboxylic acids is 1. The van der Waals surface area contributed by atoms with E-state index in [0.29, 0.717) is 31.6 Å². The van der Waals surface area contributed by atoms with Crippen LogP contribution in [0.15, 0.2) is 30.5 Å². The number of urea groups is 1. The second kappa shape index (κ2) is 8.50. The van der Waals surface area contributed by atoms with Crippen LogP contribution in [0, 0.1) is 5.82 Å². The molecule has 3 aromatic rings. The van der Waals surface area contributed by atoms with Crippen molar-refractivity contribution in [3.63, 3.8) is 0 Å². The SMILES string of the molecule is O=C(NCc1cc2cc(F)ccc2[nH]1)N1CCc2cnc(NC3CCOCC3)nc2C1. The summed E-state index contributed by atoms with van der Waals surface area (Å²) in [6, 6.07) is 6.62. The molecule has 0 unspecified atom stereocenters. The Morgan fingerprint density at radius 1 is 1.29 bits per heavy atom. The van der Waals surface area contributed by atoms with Crippen LogP contribution in [0.2, 0.25) is 0 Å². The Morgan fingerprint density at radius 3 is 3.03 bits per heavy atom. The van der Waals surface area contributed by atoms with E-state index in [-0.39, 0.29) is 11.8 Å². The molecule has 0 aliphatic carbocycles. The van der Waals surface area contributed by atoms with Gasteiger partial charge in [-0.2, -0.15) is 0 Å². The summed E-state index contributed by atoms with van der Waals surface area (Å²) >= 11 is 0. The second-order valence-electron chi connectivity index (χ2n) is 8.05. The van der Waals surface area contributed by atoms with Crippen LogP contribution in [0.5, 0.6) is 0 Å². The maximum atomic E-state index is 13.4. The van der Waals surface area contributed by atoms with E-state index in [1.165, 1.54) is 12.1 Å². The number of hydrogen-bond donors (Lipinski definition) is 3. The molecule has 2 aromatic heterocycles. The van der Waals surface area contributed by atoms with Crippen molar-refractivity contribution >= 4 is 22.9 Å². The van der Waals surface area contributed by atoms with E-state index < -0.39 is 0 Å². The van der Waals surface area contributed by atoms with E-state index in [0.717, 1.165) is 60.3 Å². The molecule has 4 heterocycles. The number of rotatable bonds is 4. The van der Waals surface area contributed by atoms with E-state index in [9.17, 15) is 9.18 Å². The molecule has 0 bridgehead atoms. The Bertz CT molecular complexity index is 1090. The molecule has 0 saturated carbocycles. The van der Waals surface area contributed by atoms with Gasteiger partial charge in [0, 0.05) is 48.6 Å². The Balaban J connectivity index is 1.20. The molecule has 1 aromatic carbocycles. The number of H-pyrrole nitrogens is 1. The van der Waals surface area contributed by atoms with Crippen molar-refractivity contribution < 1.29 is 13.9 Å². The van der Waals surface area contributed by atoms with Gasteiger partial charge in [0.15, 0.2) is 0 Å². The standard InChI is InChI=1S/C22H25FN6O2/c23-16-1-2-19-15(9-16)10-18(26-19)12-25-22(30)29-6-3-14-11-24-21(28-20(14)13-29)27-17-4-7-31-8-5-17/h1-2,9-11,17,26H,3-8,12-13H2,(H,25,30)(H,24,27,28). The molecular formula is C22H25FN6O2. The zero-order valence-corrected chi connectivity index (χ0v) is 17.2. The lowest BCUT2D eigenvalue weighted by Crippen LogP contribution is -2.43. The number of anilines is 1. The van der Waals surface area contributed by atoms with Crippen molar-refractivity contribution in [1.82, 2.24) is 25.2 Å². The maximum Gasteiger partial charge on any atom is 0.318 e. The van der Waals surface area contributed by atoms with E-state index in [1.807, 2.05) is 12.3 Å². The number of aromatic nitrogens is 3. The predicted molar refractivity (Wildman–Crippen MR) is 114 cm³/mol. The van der Waals surface area contributed by atoms with Gasteiger partial charge >= 0.3 is 6.03 Å². The monoisotopic (exact) mass is 424 g/mol. The number of benzene rings is 1. The molecule has 0 radical (unpaired) electrons. The quantitative estimate of drug-likeness (QED) is 0.599. The van der Waals surface area contributed by atoms with Crippen LogP contribution in [0.3, 0.4) is 0 Å². The molecule has 31 heavy (non-hydrogen) atoms. The zero-order valence-electron chi connectivity index (χ0n) is 17.2. The van der Waals surface area contributed by atoms with Gasteiger partial charge in [-0.3, -0.25) is 0 Å². The summed E-state index contributed by atoms with van der Waals surface area (Å²) in [6.07, 6.45) is 4.47. The highest BCUT2D eigenvalue weighted by molar-refractivity contribution is 5.80. The number of carbonyl (C=O) groups is 1. The molecule has 1 saturated heterocycles. The zero-order chi connectivity index (χ0) is 21.2. The van der Waals surface area contributed by atoms with E-state index in [2.05, 4.69) is 25.6 Å². The molecular weight excluding hydrogens is 399 g/mol. The topological polar surface area (TPSA) is 95.2 Å². The van der Waals surface area contributed by atoms with Crippen molar-refractivity contribution in [3.8, 4) is 0 Å². The third-order valence-corrected chi connectivity index (χ3v) is 5.86. The van der Waals surface area contributed by atoms with Crippen molar-refractivity contribution in [2.24, 2.45) is 0 Å². The number of fused-ring (bicyclic) bond motifs is 2.